The molecule has 1 aliphatic heterocycles. The summed E-state index contributed by atoms with van der Waals surface area (Å²) >= 11 is 1.29. The van der Waals surface area contributed by atoms with Crippen LogP contribution in [0, 0.1) is 0 Å². The molecule has 0 saturated carbocycles. The van der Waals surface area contributed by atoms with Gasteiger partial charge in [-0.1, -0.05) is 32.0 Å². The van der Waals surface area contributed by atoms with Crippen LogP contribution in [-0.2, 0) is 4.74 Å². The van der Waals surface area contributed by atoms with Crippen molar-refractivity contribution in [1.82, 2.24) is 9.97 Å². The molecule has 192 valence electrons. The van der Waals surface area contributed by atoms with Crippen molar-refractivity contribution in [3.63, 3.8) is 0 Å². The van der Waals surface area contributed by atoms with Crippen LogP contribution in [0.15, 0.2) is 48.7 Å². The molecule has 0 aliphatic carbocycles. The first-order valence-corrected chi connectivity index (χ1v) is 13.2. The predicted octanol–water partition coefficient (Wildman–Crippen LogP) is 5.92. The van der Waals surface area contributed by atoms with Crippen molar-refractivity contribution < 1.29 is 14.3 Å². The quantitative estimate of drug-likeness (QED) is 0.266. The summed E-state index contributed by atoms with van der Waals surface area (Å²) in [6.07, 6.45) is 3.75. The topological polar surface area (TPSA) is 111 Å². The zero-order chi connectivity index (χ0) is 25.9. The maximum Gasteiger partial charge on any atom is 0.259 e. The highest BCUT2D eigenvalue weighted by atomic mass is 32.1. The van der Waals surface area contributed by atoms with Crippen molar-refractivity contribution in [2.24, 2.45) is 5.73 Å². The molecule has 0 radical (unpaired) electrons. The Kier molecular flexibility index (Phi) is 7.25. The van der Waals surface area contributed by atoms with Crippen molar-refractivity contribution in [3.05, 3.63) is 59.1 Å². The number of nitrogens with two attached hydrogens (primary N) is 1. The number of amides is 1. The number of methoxy groups -OCH3 is 1. The molecule has 37 heavy (non-hydrogen) atoms. The minimum Gasteiger partial charge on any atom is -0.496 e. The van der Waals surface area contributed by atoms with Gasteiger partial charge >= 0.3 is 0 Å². The lowest BCUT2D eigenvalue weighted by Gasteiger charge is -2.25. The van der Waals surface area contributed by atoms with E-state index in [1.54, 1.807) is 13.3 Å². The van der Waals surface area contributed by atoms with Gasteiger partial charge in [0, 0.05) is 41.8 Å². The van der Waals surface area contributed by atoms with Crippen molar-refractivity contribution in [2.45, 2.75) is 38.6 Å². The highest BCUT2D eigenvalue weighted by Crippen LogP contribution is 2.42. The van der Waals surface area contributed by atoms with Crippen LogP contribution >= 0.6 is 11.3 Å². The summed E-state index contributed by atoms with van der Waals surface area (Å²) in [5, 5.41) is 7.06. The lowest BCUT2D eigenvalue weighted by atomic mass is 9.99. The second kappa shape index (κ2) is 10.7. The fourth-order valence-corrected chi connectivity index (χ4v) is 5.65. The summed E-state index contributed by atoms with van der Waals surface area (Å²) in [7, 11) is 1.60. The van der Waals surface area contributed by atoms with Crippen molar-refractivity contribution >= 4 is 44.8 Å². The molecule has 1 aliphatic rings. The summed E-state index contributed by atoms with van der Waals surface area (Å²) in [5.41, 5.74) is 11.0. The fourth-order valence-electron chi connectivity index (χ4n) is 4.67. The van der Waals surface area contributed by atoms with Gasteiger partial charge in [0.2, 0.25) is 5.95 Å². The molecular weight excluding hydrogens is 486 g/mol. The van der Waals surface area contributed by atoms with Gasteiger partial charge in [0.1, 0.15) is 10.6 Å². The van der Waals surface area contributed by atoms with Gasteiger partial charge in [-0.15, -0.1) is 11.3 Å². The molecule has 1 saturated heterocycles. The third kappa shape index (κ3) is 5.23. The molecule has 4 aromatic rings. The number of primary amides is 1. The van der Waals surface area contributed by atoms with Crippen molar-refractivity contribution in [2.75, 3.05) is 31.0 Å². The van der Waals surface area contributed by atoms with Crippen molar-refractivity contribution in [1.29, 1.82) is 0 Å². The Morgan fingerprint density at radius 2 is 1.97 bits per heavy atom. The standard InChI is InChI=1S/C28H31N5O3S/c1-16(2)20-14-18(31-17-10-12-36-13-11-17)8-9-21(20)32-28-30-15-23-25(33-28)24(26(37-23)27(29)34)19-6-4-5-7-22(19)35-3/h4-9,14-17,31H,10-13H2,1-3H3,(H2,29,34)(H,30,32,33). The molecule has 0 bridgehead atoms. The van der Waals surface area contributed by atoms with Gasteiger partial charge in [-0.3, -0.25) is 4.79 Å². The number of para-hydroxylation sites is 1. The number of thiophene rings is 1. The van der Waals surface area contributed by atoms with Gasteiger partial charge in [0.25, 0.3) is 5.91 Å². The number of fused-ring (bicyclic) bond motifs is 1. The number of ether oxygens (including phenoxy) is 2. The maximum atomic E-state index is 12.3. The molecule has 2 aromatic carbocycles. The van der Waals surface area contributed by atoms with E-state index in [1.807, 2.05) is 24.3 Å². The summed E-state index contributed by atoms with van der Waals surface area (Å²) in [6.45, 7) is 5.93. The molecule has 3 heterocycles. The summed E-state index contributed by atoms with van der Waals surface area (Å²) in [5.74, 6) is 0.875. The second-order valence-corrected chi connectivity index (χ2v) is 10.4. The molecule has 0 unspecified atom stereocenters. The lowest BCUT2D eigenvalue weighted by molar-refractivity contribution is 0.0904. The third-order valence-electron chi connectivity index (χ3n) is 6.54. The van der Waals surface area contributed by atoms with Crippen LogP contribution < -0.4 is 21.1 Å². The van der Waals surface area contributed by atoms with Crippen LogP contribution in [-0.4, -0.2) is 42.2 Å². The Hall–Kier alpha value is -3.69. The van der Waals surface area contributed by atoms with E-state index in [4.69, 9.17) is 20.2 Å². The second-order valence-electron chi connectivity index (χ2n) is 9.39. The van der Waals surface area contributed by atoms with E-state index >= 15 is 0 Å². The largest absolute Gasteiger partial charge is 0.496 e. The molecule has 1 fully saturated rings. The molecule has 2 aromatic heterocycles. The molecule has 0 atom stereocenters. The van der Waals surface area contributed by atoms with E-state index < -0.39 is 5.91 Å². The number of hydrogen-bond donors (Lipinski definition) is 3. The van der Waals surface area contributed by atoms with Crippen LogP contribution in [0.1, 0.15) is 47.8 Å². The average molecular weight is 518 g/mol. The van der Waals surface area contributed by atoms with E-state index in [0.717, 1.165) is 53.3 Å². The first-order chi connectivity index (χ1) is 17.9. The van der Waals surface area contributed by atoms with E-state index in [-0.39, 0.29) is 5.92 Å². The van der Waals surface area contributed by atoms with Crippen LogP contribution in [0.25, 0.3) is 21.3 Å². The van der Waals surface area contributed by atoms with Crippen LogP contribution in [0.3, 0.4) is 0 Å². The first kappa shape index (κ1) is 25.0. The van der Waals surface area contributed by atoms with Crippen LogP contribution in [0.5, 0.6) is 5.75 Å². The van der Waals surface area contributed by atoms with Gasteiger partial charge in [0.15, 0.2) is 0 Å². The van der Waals surface area contributed by atoms with Crippen LogP contribution in [0.2, 0.25) is 0 Å². The Morgan fingerprint density at radius 1 is 1.19 bits per heavy atom. The molecular formula is C28H31N5O3S. The Bertz CT molecular complexity index is 1430. The molecule has 1 amide bonds. The number of hydrogen-bond acceptors (Lipinski definition) is 8. The number of carbonyl (C=O) groups is 1. The Morgan fingerprint density at radius 3 is 2.70 bits per heavy atom. The SMILES string of the molecule is COc1ccccc1-c1c(C(N)=O)sc2cnc(Nc3ccc(NC4CCOCC4)cc3C(C)C)nc12. The van der Waals surface area contributed by atoms with Crippen LogP contribution in [0.4, 0.5) is 17.3 Å². The minimum atomic E-state index is -0.506. The Labute approximate surface area is 220 Å². The normalized spacial score (nSPS) is 14.2. The number of rotatable bonds is 8. The van der Waals surface area contributed by atoms with E-state index in [2.05, 4.69) is 47.7 Å². The number of carbonyl (C=O) groups excluding carboxylic acids is 1. The van der Waals surface area contributed by atoms with E-state index in [9.17, 15) is 4.79 Å². The highest BCUT2D eigenvalue weighted by molar-refractivity contribution is 7.21. The molecule has 8 nitrogen and oxygen atoms in total. The fraction of sp³-hybridized carbons (Fsp3) is 0.321. The van der Waals surface area contributed by atoms with E-state index in [1.165, 1.54) is 11.3 Å². The zero-order valence-corrected chi connectivity index (χ0v) is 22.0. The number of nitrogens with zero attached hydrogens (tertiary/aromatic N) is 2. The number of anilines is 3. The van der Waals surface area contributed by atoms with Gasteiger partial charge in [0.05, 0.1) is 23.5 Å². The maximum absolute atomic E-state index is 12.3. The molecule has 0 spiro atoms. The van der Waals surface area contributed by atoms with Gasteiger partial charge in [-0.25, -0.2) is 9.97 Å². The number of aromatic nitrogens is 2. The van der Waals surface area contributed by atoms with E-state index in [0.29, 0.717) is 33.7 Å². The summed E-state index contributed by atoms with van der Waals surface area (Å²) in [4.78, 5) is 22.2. The molecule has 4 N–H and O–H groups in total. The summed E-state index contributed by atoms with van der Waals surface area (Å²) in [6, 6.07) is 14.3. The lowest BCUT2D eigenvalue weighted by Crippen LogP contribution is -2.27. The molecule has 9 heteroatoms. The monoisotopic (exact) mass is 517 g/mol. The minimum absolute atomic E-state index is 0.287. The predicted molar refractivity (Wildman–Crippen MR) is 149 cm³/mol. The average Bonchev–Trinajstić information content (AvgIpc) is 3.29. The smallest absolute Gasteiger partial charge is 0.259 e. The van der Waals surface area contributed by atoms with Gasteiger partial charge < -0.3 is 25.8 Å². The zero-order valence-electron chi connectivity index (χ0n) is 21.2. The summed E-state index contributed by atoms with van der Waals surface area (Å²) < 4.78 is 11.8. The van der Waals surface area contributed by atoms with Crippen molar-refractivity contribution in [3.8, 4) is 16.9 Å². The Balaban J connectivity index is 1.51. The molecule has 5 rings (SSSR count). The highest BCUT2D eigenvalue weighted by Gasteiger charge is 2.23. The third-order valence-corrected chi connectivity index (χ3v) is 7.67. The number of benzene rings is 2. The number of nitrogens with one attached hydrogen (secondary N) is 2. The first-order valence-electron chi connectivity index (χ1n) is 12.4. The van der Waals surface area contributed by atoms with Gasteiger partial charge in [-0.2, -0.15) is 0 Å². The van der Waals surface area contributed by atoms with Gasteiger partial charge in [-0.05, 0) is 48.6 Å².